The maximum Gasteiger partial charge on any atom is 0.363 e. The number of nitro benzene ring substituents is 1. The number of aliphatic imine (C=N–C) groups is 1. The highest BCUT2D eigenvalue weighted by atomic mass is 32.1. The van der Waals surface area contributed by atoms with Gasteiger partial charge in [0.25, 0.3) is 5.69 Å². The summed E-state index contributed by atoms with van der Waals surface area (Å²) >= 11 is 1.42. The lowest BCUT2D eigenvalue weighted by Gasteiger charge is -1.95. The molecule has 1 aromatic heterocycles. The van der Waals surface area contributed by atoms with Crippen LogP contribution in [-0.4, -0.2) is 16.8 Å². The fourth-order valence-electron chi connectivity index (χ4n) is 1.97. The van der Waals surface area contributed by atoms with Crippen molar-refractivity contribution in [1.29, 1.82) is 0 Å². The number of carbonyl (C=O) groups is 1. The maximum atomic E-state index is 11.8. The first-order valence-corrected chi connectivity index (χ1v) is 7.49. The monoisotopic (exact) mass is 326 g/mol. The average Bonchev–Trinajstić information content (AvgIpc) is 3.18. The summed E-state index contributed by atoms with van der Waals surface area (Å²) < 4.78 is 5.09. The molecule has 0 saturated carbocycles. The molecule has 1 aliphatic heterocycles. The second-order valence-electron chi connectivity index (χ2n) is 4.51. The van der Waals surface area contributed by atoms with Gasteiger partial charge >= 0.3 is 5.97 Å². The van der Waals surface area contributed by atoms with E-state index >= 15 is 0 Å². The molecule has 7 heteroatoms. The number of allylic oxidation sites excluding steroid dienone is 2. The molecule has 0 bridgehead atoms. The number of nitro groups is 1. The molecule has 6 nitrogen and oxygen atoms in total. The molecule has 0 radical (unpaired) electrons. The summed E-state index contributed by atoms with van der Waals surface area (Å²) in [6.45, 7) is 0. The number of rotatable bonds is 4. The van der Waals surface area contributed by atoms with Crippen LogP contribution in [0.25, 0.3) is 6.08 Å². The van der Waals surface area contributed by atoms with E-state index in [-0.39, 0.29) is 17.3 Å². The fourth-order valence-corrected chi connectivity index (χ4v) is 2.62. The van der Waals surface area contributed by atoms with Crippen molar-refractivity contribution in [1.82, 2.24) is 0 Å². The molecular formula is C16H10N2O4S. The van der Waals surface area contributed by atoms with Gasteiger partial charge in [-0.2, -0.15) is 0 Å². The molecule has 23 heavy (non-hydrogen) atoms. The third kappa shape index (κ3) is 3.24. The molecule has 0 atom stereocenters. The first kappa shape index (κ1) is 14.9. The van der Waals surface area contributed by atoms with E-state index < -0.39 is 10.9 Å². The molecule has 0 N–H and O–H groups in total. The SMILES string of the molecule is O=C1OC(c2cccs2)=NC1=CC=Cc1ccccc1[N+](=O)[O-]. The molecule has 1 aliphatic rings. The Hall–Kier alpha value is -3.06. The van der Waals surface area contributed by atoms with Gasteiger partial charge in [0.1, 0.15) is 0 Å². The molecule has 0 unspecified atom stereocenters. The number of hydrogen-bond donors (Lipinski definition) is 0. The van der Waals surface area contributed by atoms with Gasteiger partial charge in [0.2, 0.25) is 5.90 Å². The molecule has 114 valence electrons. The lowest BCUT2D eigenvalue weighted by molar-refractivity contribution is -0.385. The van der Waals surface area contributed by atoms with Crippen LogP contribution in [0.5, 0.6) is 0 Å². The lowest BCUT2D eigenvalue weighted by Crippen LogP contribution is -2.03. The van der Waals surface area contributed by atoms with Crippen molar-refractivity contribution in [3.05, 3.63) is 80.2 Å². The van der Waals surface area contributed by atoms with Crippen LogP contribution in [0.3, 0.4) is 0 Å². The van der Waals surface area contributed by atoms with Gasteiger partial charge in [-0.3, -0.25) is 10.1 Å². The minimum absolute atomic E-state index is 0.000996. The molecule has 2 aromatic rings. The third-order valence-electron chi connectivity index (χ3n) is 3.02. The summed E-state index contributed by atoms with van der Waals surface area (Å²) in [6, 6.07) is 10.00. The predicted molar refractivity (Wildman–Crippen MR) is 87.2 cm³/mol. The van der Waals surface area contributed by atoms with Crippen LogP contribution in [0.4, 0.5) is 5.69 Å². The average molecular weight is 326 g/mol. The predicted octanol–water partition coefficient (Wildman–Crippen LogP) is 3.56. The topological polar surface area (TPSA) is 81.8 Å². The van der Waals surface area contributed by atoms with Gasteiger partial charge in [-0.05, 0) is 29.7 Å². The first-order valence-electron chi connectivity index (χ1n) is 6.61. The van der Waals surface area contributed by atoms with Crippen molar-refractivity contribution in [2.45, 2.75) is 0 Å². The second kappa shape index (κ2) is 6.37. The van der Waals surface area contributed by atoms with E-state index in [1.807, 2.05) is 17.5 Å². The molecule has 0 amide bonds. The largest absolute Gasteiger partial charge is 0.401 e. The lowest BCUT2D eigenvalue weighted by atomic mass is 10.1. The summed E-state index contributed by atoms with van der Waals surface area (Å²) in [7, 11) is 0. The van der Waals surface area contributed by atoms with E-state index in [1.165, 1.54) is 23.5 Å². The van der Waals surface area contributed by atoms with E-state index in [0.717, 1.165) is 4.88 Å². The smallest absolute Gasteiger partial charge is 0.363 e. The summed E-state index contributed by atoms with van der Waals surface area (Å²) in [5.41, 5.74) is 0.602. The number of thiophene rings is 1. The zero-order valence-corrected chi connectivity index (χ0v) is 12.5. The van der Waals surface area contributed by atoms with Gasteiger partial charge in [0.15, 0.2) is 5.70 Å². The number of hydrogen-bond acceptors (Lipinski definition) is 6. The number of benzene rings is 1. The summed E-state index contributed by atoms with van der Waals surface area (Å²) in [4.78, 5) is 27.1. The zero-order chi connectivity index (χ0) is 16.2. The zero-order valence-electron chi connectivity index (χ0n) is 11.7. The number of para-hydroxylation sites is 1. The van der Waals surface area contributed by atoms with Gasteiger partial charge in [-0.25, -0.2) is 9.79 Å². The number of ether oxygens (including phenoxy) is 1. The Morgan fingerprint density at radius 2 is 2.04 bits per heavy atom. The van der Waals surface area contributed by atoms with Gasteiger partial charge in [-0.15, -0.1) is 11.3 Å². The quantitative estimate of drug-likeness (QED) is 0.372. The number of nitrogens with zero attached hydrogens (tertiary/aromatic N) is 2. The van der Waals surface area contributed by atoms with Crippen molar-refractivity contribution in [3.63, 3.8) is 0 Å². The number of cyclic esters (lactones) is 1. The Morgan fingerprint density at radius 1 is 1.22 bits per heavy atom. The first-order chi connectivity index (χ1) is 11.1. The molecule has 2 heterocycles. The molecule has 0 aliphatic carbocycles. The molecule has 1 aromatic carbocycles. The summed E-state index contributed by atoms with van der Waals surface area (Å²) in [5.74, 6) is -0.268. The maximum absolute atomic E-state index is 11.8. The van der Waals surface area contributed by atoms with Crippen molar-refractivity contribution in [3.8, 4) is 0 Å². The van der Waals surface area contributed by atoms with Crippen molar-refractivity contribution in [2.24, 2.45) is 4.99 Å². The van der Waals surface area contributed by atoms with E-state index in [0.29, 0.717) is 5.56 Å². The van der Waals surface area contributed by atoms with Crippen molar-refractivity contribution in [2.75, 3.05) is 0 Å². The second-order valence-corrected chi connectivity index (χ2v) is 5.46. The van der Waals surface area contributed by atoms with E-state index in [4.69, 9.17) is 4.74 Å². The highest BCUT2D eigenvalue weighted by Gasteiger charge is 2.24. The van der Waals surface area contributed by atoms with Crippen LogP contribution in [0, 0.1) is 10.1 Å². The van der Waals surface area contributed by atoms with Gasteiger partial charge in [-0.1, -0.05) is 24.3 Å². The van der Waals surface area contributed by atoms with Crippen LogP contribution in [0.15, 0.2) is 64.6 Å². The minimum atomic E-state index is -0.541. The van der Waals surface area contributed by atoms with Crippen LogP contribution >= 0.6 is 11.3 Å². The molecule has 0 saturated heterocycles. The third-order valence-corrected chi connectivity index (χ3v) is 3.87. The van der Waals surface area contributed by atoms with Crippen molar-refractivity contribution >= 4 is 35.0 Å². The van der Waals surface area contributed by atoms with Crippen molar-refractivity contribution < 1.29 is 14.5 Å². The van der Waals surface area contributed by atoms with Crippen LogP contribution in [-0.2, 0) is 9.53 Å². The highest BCUT2D eigenvalue weighted by Crippen LogP contribution is 2.21. The van der Waals surface area contributed by atoms with Crippen LogP contribution in [0.2, 0.25) is 0 Å². The number of esters is 1. The molecular weight excluding hydrogens is 316 g/mol. The van der Waals surface area contributed by atoms with Gasteiger partial charge in [0, 0.05) is 6.07 Å². The summed E-state index contributed by atoms with van der Waals surface area (Å²) in [6.07, 6.45) is 4.57. The number of carbonyl (C=O) groups excluding carboxylic acids is 1. The van der Waals surface area contributed by atoms with Crippen LogP contribution < -0.4 is 0 Å². The van der Waals surface area contributed by atoms with Gasteiger partial charge < -0.3 is 4.74 Å². The normalized spacial score (nSPS) is 15.9. The van der Waals surface area contributed by atoms with E-state index in [1.54, 1.807) is 30.4 Å². The minimum Gasteiger partial charge on any atom is -0.401 e. The standard InChI is InChI=1S/C16H10N2O4S/c19-16-12(17-15(22-16)14-9-4-10-23-14)7-3-6-11-5-1-2-8-13(11)18(20)21/h1-10H. The Bertz CT molecular complexity index is 851. The Balaban J connectivity index is 1.83. The van der Waals surface area contributed by atoms with E-state index in [9.17, 15) is 14.9 Å². The van der Waals surface area contributed by atoms with Crippen LogP contribution in [0.1, 0.15) is 10.4 Å². The molecule has 0 spiro atoms. The van der Waals surface area contributed by atoms with Gasteiger partial charge in [0.05, 0.1) is 15.4 Å². The highest BCUT2D eigenvalue weighted by molar-refractivity contribution is 7.12. The Morgan fingerprint density at radius 3 is 2.78 bits per heavy atom. The molecule has 0 fully saturated rings. The molecule has 3 rings (SSSR count). The Kier molecular flexibility index (Phi) is 4.11. The summed E-state index contributed by atoms with van der Waals surface area (Å²) in [5, 5.41) is 12.8. The Labute approximate surface area is 135 Å². The van der Waals surface area contributed by atoms with E-state index in [2.05, 4.69) is 4.99 Å². The fraction of sp³-hybridized carbons (Fsp3) is 0.